The number of hydrogen-bond acceptors (Lipinski definition) is 5. The summed E-state index contributed by atoms with van der Waals surface area (Å²) in [6.45, 7) is 10.7. The Morgan fingerprint density at radius 1 is 0.915 bits per heavy atom. The molecule has 2 amide bonds. The van der Waals surface area contributed by atoms with Crippen molar-refractivity contribution in [2.24, 2.45) is 5.92 Å². The number of carboxylic acid groups (broad SMARTS) is 1. The molecule has 0 saturated heterocycles. The summed E-state index contributed by atoms with van der Waals surface area (Å²) in [4.78, 5) is 42.0. The monoisotopic (exact) mass is 640 g/mol. The number of nitrogens with zero attached hydrogens (tertiary/aromatic N) is 1. The van der Waals surface area contributed by atoms with Gasteiger partial charge in [-0.05, 0) is 103 Å². The Kier molecular flexibility index (Phi) is 10.6. The molecule has 0 bridgehead atoms. The highest BCUT2D eigenvalue weighted by Gasteiger charge is 2.38. The van der Waals surface area contributed by atoms with E-state index in [2.05, 4.69) is 26.1 Å². The number of ether oxygens (including phenoxy) is 2. The summed E-state index contributed by atoms with van der Waals surface area (Å²) < 4.78 is 11.9. The molecule has 3 aromatic carbocycles. The van der Waals surface area contributed by atoms with Gasteiger partial charge in [0.05, 0.1) is 6.10 Å². The van der Waals surface area contributed by atoms with Crippen LogP contribution in [0.15, 0.2) is 66.7 Å². The Balaban J connectivity index is 1.41. The standard InChI is InChI=1S/C39H48N2O6/c1-25(2)46-30-15-10-27(11-16-30)22-34(38(44)45)40-37(43)36-33-24-32(47-31-18-13-29(14-19-31)39(3,4)5)17-12-28(33)20-21-41(36)35(42)23-26-8-6-7-9-26/h10-19,24-26,34,36H,6-9,20-23H2,1-5H3,(H,40,43)(H,44,45)/t34-,36?/m0/s1. The molecule has 0 aromatic heterocycles. The van der Waals surface area contributed by atoms with Gasteiger partial charge in [0.15, 0.2) is 0 Å². The fraction of sp³-hybridized carbons (Fsp3) is 0.462. The first-order valence-corrected chi connectivity index (χ1v) is 16.9. The molecule has 1 heterocycles. The predicted molar refractivity (Wildman–Crippen MR) is 182 cm³/mol. The molecule has 1 saturated carbocycles. The Labute approximate surface area is 278 Å². The molecular formula is C39H48N2O6. The van der Waals surface area contributed by atoms with Crippen LogP contribution in [0.3, 0.4) is 0 Å². The van der Waals surface area contributed by atoms with Crippen molar-refractivity contribution in [3.05, 3.63) is 89.0 Å². The molecule has 2 aliphatic rings. The molecule has 0 radical (unpaired) electrons. The molecule has 5 rings (SSSR count). The third-order valence-corrected chi connectivity index (χ3v) is 9.16. The maximum atomic E-state index is 14.2. The van der Waals surface area contributed by atoms with E-state index >= 15 is 0 Å². The van der Waals surface area contributed by atoms with Crippen LogP contribution < -0.4 is 14.8 Å². The van der Waals surface area contributed by atoms with Crippen LogP contribution in [0.5, 0.6) is 17.2 Å². The second-order valence-corrected chi connectivity index (χ2v) is 14.2. The van der Waals surface area contributed by atoms with E-state index in [4.69, 9.17) is 9.47 Å². The first-order valence-electron chi connectivity index (χ1n) is 16.9. The van der Waals surface area contributed by atoms with Gasteiger partial charge in [0.25, 0.3) is 0 Å². The van der Waals surface area contributed by atoms with Gasteiger partial charge in [-0.3, -0.25) is 9.59 Å². The molecule has 0 spiro atoms. The lowest BCUT2D eigenvalue weighted by Crippen LogP contribution is -2.51. The van der Waals surface area contributed by atoms with E-state index in [-0.39, 0.29) is 23.8 Å². The van der Waals surface area contributed by atoms with Crippen molar-refractivity contribution in [3.63, 3.8) is 0 Å². The van der Waals surface area contributed by atoms with E-state index in [1.807, 2.05) is 68.4 Å². The minimum Gasteiger partial charge on any atom is -0.491 e. The second kappa shape index (κ2) is 14.6. The molecule has 3 aromatic rings. The number of nitrogens with one attached hydrogen (secondary N) is 1. The number of fused-ring (bicyclic) bond motifs is 1. The molecule has 47 heavy (non-hydrogen) atoms. The summed E-state index contributed by atoms with van der Waals surface area (Å²) in [5.74, 6) is 0.500. The van der Waals surface area contributed by atoms with Gasteiger partial charge in [0, 0.05) is 19.4 Å². The molecule has 2 N–H and O–H groups in total. The zero-order valence-corrected chi connectivity index (χ0v) is 28.3. The van der Waals surface area contributed by atoms with Crippen molar-refractivity contribution < 1.29 is 29.0 Å². The number of carbonyl (C=O) groups is 3. The summed E-state index contributed by atoms with van der Waals surface area (Å²) in [7, 11) is 0. The fourth-order valence-electron chi connectivity index (χ4n) is 6.61. The molecule has 1 aliphatic carbocycles. The molecular weight excluding hydrogens is 592 g/mol. The van der Waals surface area contributed by atoms with Crippen molar-refractivity contribution in [2.45, 2.75) is 103 Å². The molecule has 1 unspecified atom stereocenters. The number of aliphatic carboxylic acids is 1. The first-order chi connectivity index (χ1) is 22.4. The highest BCUT2D eigenvalue weighted by Crippen LogP contribution is 2.37. The topological polar surface area (TPSA) is 105 Å². The van der Waals surface area contributed by atoms with Crippen LogP contribution in [0.25, 0.3) is 0 Å². The summed E-state index contributed by atoms with van der Waals surface area (Å²) in [6, 6.07) is 18.7. The van der Waals surface area contributed by atoms with Crippen molar-refractivity contribution >= 4 is 17.8 Å². The SMILES string of the molecule is CC(C)Oc1ccc(C[C@H](NC(=O)C2c3cc(Oc4ccc(C(C)(C)C)cc4)ccc3CCN2C(=O)CC2CCCC2)C(=O)O)cc1. The number of rotatable bonds is 11. The Bertz CT molecular complexity index is 1550. The van der Waals surface area contributed by atoms with Crippen LogP contribution in [-0.2, 0) is 32.6 Å². The quantitative estimate of drug-likeness (QED) is 0.227. The van der Waals surface area contributed by atoms with Crippen molar-refractivity contribution in [3.8, 4) is 17.2 Å². The van der Waals surface area contributed by atoms with Gasteiger partial charge in [0.1, 0.15) is 29.3 Å². The van der Waals surface area contributed by atoms with E-state index in [1.54, 1.807) is 17.0 Å². The fourth-order valence-corrected chi connectivity index (χ4v) is 6.61. The number of carboxylic acids is 1. The van der Waals surface area contributed by atoms with E-state index in [1.165, 1.54) is 5.56 Å². The molecule has 250 valence electrons. The van der Waals surface area contributed by atoms with E-state index < -0.39 is 24.0 Å². The van der Waals surface area contributed by atoms with Gasteiger partial charge in [-0.25, -0.2) is 4.79 Å². The molecule has 1 fully saturated rings. The second-order valence-electron chi connectivity index (χ2n) is 14.2. The third-order valence-electron chi connectivity index (χ3n) is 9.16. The normalized spacial score (nSPS) is 17.2. The average Bonchev–Trinajstić information content (AvgIpc) is 3.53. The van der Waals surface area contributed by atoms with Gasteiger partial charge in [-0.2, -0.15) is 0 Å². The highest BCUT2D eigenvalue weighted by atomic mass is 16.5. The van der Waals surface area contributed by atoms with Crippen LogP contribution in [-0.4, -0.2) is 46.5 Å². The molecule has 2 atom stereocenters. The minimum atomic E-state index is -1.18. The van der Waals surface area contributed by atoms with E-state index in [0.717, 1.165) is 36.8 Å². The Hall–Kier alpha value is -4.33. The van der Waals surface area contributed by atoms with Gasteiger partial charge in [-0.1, -0.05) is 63.9 Å². The summed E-state index contributed by atoms with van der Waals surface area (Å²) in [6.07, 6.45) is 5.37. The maximum Gasteiger partial charge on any atom is 0.326 e. The Morgan fingerprint density at radius 2 is 1.55 bits per heavy atom. The van der Waals surface area contributed by atoms with Gasteiger partial charge >= 0.3 is 5.97 Å². The van der Waals surface area contributed by atoms with Crippen LogP contribution in [0.1, 0.15) is 95.0 Å². The first kappa shape index (κ1) is 34.0. The minimum absolute atomic E-state index is 0.0128. The average molecular weight is 641 g/mol. The van der Waals surface area contributed by atoms with Crippen LogP contribution in [0.2, 0.25) is 0 Å². The van der Waals surface area contributed by atoms with E-state index in [9.17, 15) is 19.5 Å². The van der Waals surface area contributed by atoms with Crippen molar-refractivity contribution in [1.29, 1.82) is 0 Å². The van der Waals surface area contributed by atoms with Crippen LogP contribution in [0, 0.1) is 5.92 Å². The summed E-state index contributed by atoms with van der Waals surface area (Å²) in [5, 5.41) is 12.9. The molecule has 8 nitrogen and oxygen atoms in total. The lowest BCUT2D eigenvalue weighted by Gasteiger charge is -2.37. The Morgan fingerprint density at radius 3 is 2.17 bits per heavy atom. The molecule has 1 aliphatic heterocycles. The maximum absolute atomic E-state index is 14.2. The van der Waals surface area contributed by atoms with E-state index in [0.29, 0.717) is 48.1 Å². The largest absolute Gasteiger partial charge is 0.491 e. The zero-order valence-electron chi connectivity index (χ0n) is 28.3. The van der Waals surface area contributed by atoms with Crippen molar-refractivity contribution in [2.75, 3.05) is 6.54 Å². The third kappa shape index (κ3) is 8.73. The summed E-state index contributed by atoms with van der Waals surface area (Å²) in [5.41, 5.74) is 3.56. The van der Waals surface area contributed by atoms with Gasteiger partial charge < -0.3 is 24.8 Å². The van der Waals surface area contributed by atoms with Crippen molar-refractivity contribution in [1.82, 2.24) is 10.2 Å². The highest BCUT2D eigenvalue weighted by molar-refractivity contribution is 5.92. The number of amides is 2. The number of hydrogen-bond donors (Lipinski definition) is 2. The lowest BCUT2D eigenvalue weighted by molar-refractivity contribution is -0.145. The van der Waals surface area contributed by atoms with Gasteiger partial charge in [-0.15, -0.1) is 0 Å². The van der Waals surface area contributed by atoms with Gasteiger partial charge in [0.2, 0.25) is 11.8 Å². The van der Waals surface area contributed by atoms with Crippen LogP contribution >= 0.6 is 0 Å². The zero-order chi connectivity index (χ0) is 33.7. The molecule has 8 heteroatoms. The lowest BCUT2D eigenvalue weighted by atomic mass is 9.87. The van der Waals surface area contributed by atoms with Crippen LogP contribution in [0.4, 0.5) is 0 Å². The smallest absolute Gasteiger partial charge is 0.326 e. The summed E-state index contributed by atoms with van der Waals surface area (Å²) >= 11 is 0. The predicted octanol–water partition coefficient (Wildman–Crippen LogP) is 7.38. The number of benzene rings is 3. The number of carbonyl (C=O) groups excluding carboxylic acids is 2.